The van der Waals surface area contributed by atoms with Gasteiger partial charge >= 0.3 is 12.1 Å². The number of anilines is 2. The summed E-state index contributed by atoms with van der Waals surface area (Å²) in [6.07, 6.45) is -3.33. The van der Waals surface area contributed by atoms with E-state index in [1.54, 1.807) is 30.3 Å². The van der Waals surface area contributed by atoms with Gasteiger partial charge in [0.05, 0.1) is 23.2 Å². The van der Waals surface area contributed by atoms with Gasteiger partial charge in [-0.25, -0.2) is 4.79 Å². The monoisotopic (exact) mass is 446 g/mol. The first-order valence-corrected chi connectivity index (χ1v) is 9.15. The van der Waals surface area contributed by atoms with Crippen molar-refractivity contribution in [3.63, 3.8) is 0 Å². The fourth-order valence-electron chi connectivity index (χ4n) is 2.65. The Kier molecular flexibility index (Phi) is 6.57. The lowest BCUT2D eigenvalue weighted by molar-refractivity contribution is -0.137. The SMILES string of the molecule is Cc1noc(N)c1C(=O)OCC(=O)N(N=Cc1ccccc1)c1cccc(C(F)(F)F)c1. The van der Waals surface area contributed by atoms with Gasteiger partial charge in [-0.2, -0.15) is 23.3 Å². The molecular weight excluding hydrogens is 429 g/mol. The molecule has 166 valence electrons. The maximum atomic E-state index is 13.1. The maximum Gasteiger partial charge on any atom is 0.416 e. The number of carbonyl (C=O) groups is 2. The van der Waals surface area contributed by atoms with Crippen molar-refractivity contribution in [3.05, 3.63) is 77.0 Å². The van der Waals surface area contributed by atoms with Crippen molar-refractivity contribution in [2.24, 2.45) is 5.10 Å². The average molecular weight is 446 g/mol. The Balaban J connectivity index is 1.86. The van der Waals surface area contributed by atoms with Gasteiger partial charge in [-0.15, -0.1) is 0 Å². The van der Waals surface area contributed by atoms with E-state index in [0.29, 0.717) is 5.56 Å². The van der Waals surface area contributed by atoms with Crippen molar-refractivity contribution >= 4 is 29.7 Å². The number of aryl methyl sites for hydroxylation is 1. The van der Waals surface area contributed by atoms with Crippen molar-refractivity contribution in [2.45, 2.75) is 13.1 Å². The second kappa shape index (κ2) is 9.33. The normalized spacial score (nSPS) is 11.5. The lowest BCUT2D eigenvalue weighted by Crippen LogP contribution is -2.31. The first-order valence-electron chi connectivity index (χ1n) is 9.15. The Morgan fingerprint density at radius 3 is 2.53 bits per heavy atom. The number of alkyl halides is 3. The largest absolute Gasteiger partial charge is 0.452 e. The predicted molar refractivity (Wildman–Crippen MR) is 109 cm³/mol. The van der Waals surface area contributed by atoms with Crippen LogP contribution in [0, 0.1) is 6.92 Å². The molecule has 11 heteroatoms. The molecule has 2 aromatic carbocycles. The highest BCUT2D eigenvalue weighted by molar-refractivity contribution is 5.99. The number of nitrogens with zero attached hydrogens (tertiary/aromatic N) is 3. The number of esters is 1. The Bertz CT molecular complexity index is 1120. The summed E-state index contributed by atoms with van der Waals surface area (Å²) in [5.41, 5.74) is 5.01. The highest BCUT2D eigenvalue weighted by atomic mass is 19.4. The molecule has 0 fully saturated rings. The summed E-state index contributed by atoms with van der Waals surface area (Å²) in [6.45, 7) is 0.642. The second-order valence-corrected chi connectivity index (χ2v) is 6.49. The molecule has 0 aliphatic rings. The van der Waals surface area contributed by atoms with Gasteiger partial charge in [-0.1, -0.05) is 41.6 Å². The molecule has 1 aromatic heterocycles. The standard InChI is InChI=1S/C21H17F3N4O4/c1-13-18(19(25)32-27-13)20(30)31-12-17(29)28(26-11-14-6-3-2-4-7-14)16-9-5-8-15(10-16)21(22,23)24/h2-11H,12,25H2,1H3. The summed E-state index contributed by atoms with van der Waals surface area (Å²) in [7, 11) is 0. The van der Waals surface area contributed by atoms with E-state index in [1.807, 2.05) is 0 Å². The van der Waals surface area contributed by atoms with Crippen molar-refractivity contribution < 1.29 is 32.0 Å². The van der Waals surface area contributed by atoms with Crippen LogP contribution >= 0.6 is 0 Å². The first kappa shape index (κ1) is 22.5. The topological polar surface area (TPSA) is 111 Å². The third-order valence-corrected chi connectivity index (χ3v) is 4.20. The van der Waals surface area contributed by atoms with Gasteiger partial charge in [0.15, 0.2) is 6.61 Å². The van der Waals surface area contributed by atoms with Crippen LogP contribution in [0.1, 0.15) is 27.2 Å². The Morgan fingerprint density at radius 2 is 1.91 bits per heavy atom. The van der Waals surface area contributed by atoms with Crippen LogP contribution in [0.25, 0.3) is 0 Å². The lowest BCUT2D eigenvalue weighted by atomic mass is 10.2. The molecular formula is C21H17F3N4O4. The van der Waals surface area contributed by atoms with Crippen LogP contribution in [0.3, 0.4) is 0 Å². The number of nitrogen functional groups attached to an aromatic ring is 1. The molecule has 0 aliphatic carbocycles. The summed E-state index contributed by atoms with van der Waals surface area (Å²) in [5, 5.41) is 8.25. The van der Waals surface area contributed by atoms with E-state index >= 15 is 0 Å². The van der Waals surface area contributed by atoms with Gasteiger partial charge in [0.25, 0.3) is 5.91 Å². The zero-order valence-electron chi connectivity index (χ0n) is 16.7. The van der Waals surface area contributed by atoms with Gasteiger partial charge in [0.1, 0.15) is 5.56 Å². The molecule has 0 unspecified atom stereocenters. The molecule has 0 saturated heterocycles. The molecule has 3 aromatic rings. The van der Waals surface area contributed by atoms with E-state index in [1.165, 1.54) is 19.2 Å². The van der Waals surface area contributed by atoms with E-state index in [9.17, 15) is 22.8 Å². The number of halogens is 3. The summed E-state index contributed by atoms with van der Waals surface area (Å²) in [6, 6.07) is 12.7. The second-order valence-electron chi connectivity index (χ2n) is 6.49. The number of rotatable bonds is 6. The molecule has 0 saturated carbocycles. The summed E-state index contributed by atoms with van der Waals surface area (Å²) in [4.78, 5) is 25.0. The number of hydrazone groups is 1. The van der Waals surface area contributed by atoms with E-state index < -0.39 is 30.2 Å². The number of aromatic nitrogens is 1. The third kappa shape index (κ3) is 5.31. The molecule has 0 radical (unpaired) electrons. The van der Waals surface area contributed by atoms with E-state index in [-0.39, 0.29) is 22.8 Å². The molecule has 1 heterocycles. The van der Waals surface area contributed by atoms with Crippen molar-refractivity contribution in [1.29, 1.82) is 0 Å². The third-order valence-electron chi connectivity index (χ3n) is 4.20. The lowest BCUT2D eigenvalue weighted by Gasteiger charge is -2.18. The first-order chi connectivity index (χ1) is 15.2. The number of hydrogen-bond acceptors (Lipinski definition) is 7. The van der Waals surface area contributed by atoms with Gasteiger partial charge in [0, 0.05) is 0 Å². The minimum atomic E-state index is -4.62. The van der Waals surface area contributed by atoms with Gasteiger partial charge < -0.3 is 15.0 Å². The van der Waals surface area contributed by atoms with E-state index in [4.69, 9.17) is 10.5 Å². The van der Waals surface area contributed by atoms with Crippen LogP contribution in [0.15, 0.2) is 64.2 Å². The molecule has 0 atom stereocenters. The van der Waals surface area contributed by atoms with Crippen molar-refractivity contribution in [3.8, 4) is 0 Å². The van der Waals surface area contributed by atoms with Gasteiger partial charge in [0.2, 0.25) is 5.88 Å². The van der Waals surface area contributed by atoms with Crippen LogP contribution in [0.2, 0.25) is 0 Å². The van der Waals surface area contributed by atoms with Crippen molar-refractivity contribution in [1.82, 2.24) is 5.16 Å². The van der Waals surface area contributed by atoms with Gasteiger partial charge in [-0.05, 0) is 30.7 Å². The molecule has 8 nitrogen and oxygen atoms in total. The number of ether oxygens (including phenoxy) is 1. The number of benzene rings is 2. The van der Waals surface area contributed by atoms with Crippen LogP contribution in [0.5, 0.6) is 0 Å². The quantitative estimate of drug-likeness (QED) is 0.350. The minimum Gasteiger partial charge on any atom is -0.452 e. The molecule has 0 aliphatic heterocycles. The molecule has 32 heavy (non-hydrogen) atoms. The number of amides is 1. The summed E-state index contributed by atoms with van der Waals surface area (Å²) < 4.78 is 49.0. The number of nitrogens with two attached hydrogens (primary N) is 1. The fourth-order valence-corrected chi connectivity index (χ4v) is 2.65. The Morgan fingerprint density at radius 1 is 1.19 bits per heavy atom. The number of carbonyl (C=O) groups excluding carboxylic acids is 2. The van der Waals surface area contributed by atoms with Crippen LogP contribution in [0.4, 0.5) is 24.7 Å². The number of hydrogen-bond donors (Lipinski definition) is 1. The predicted octanol–water partition coefficient (Wildman–Crippen LogP) is 3.81. The van der Waals surface area contributed by atoms with E-state index in [0.717, 1.165) is 23.2 Å². The molecule has 0 bridgehead atoms. The zero-order valence-corrected chi connectivity index (χ0v) is 16.7. The zero-order chi connectivity index (χ0) is 23.3. The molecule has 1 amide bonds. The van der Waals surface area contributed by atoms with Crippen LogP contribution < -0.4 is 10.7 Å². The highest BCUT2D eigenvalue weighted by Gasteiger charge is 2.31. The Labute approximate surface area is 180 Å². The Hall–Kier alpha value is -4.15. The molecule has 0 spiro atoms. The van der Waals surface area contributed by atoms with Crippen molar-refractivity contribution in [2.75, 3.05) is 17.3 Å². The van der Waals surface area contributed by atoms with Gasteiger partial charge in [-0.3, -0.25) is 4.79 Å². The minimum absolute atomic E-state index is 0.142. The molecule has 3 rings (SSSR count). The summed E-state index contributed by atoms with van der Waals surface area (Å²) in [5.74, 6) is -2.14. The van der Waals surface area contributed by atoms with Crippen LogP contribution in [-0.4, -0.2) is 29.9 Å². The van der Waals surface area contributed by atoms with Crippen LogP contribution in [-0.2, 0) is 15.7 Å². The summed E-state index contributed by atoms with van der Waals surface area (Å²) >= 11 is 0. The fraction of sp³-hybridized carbons (Fsp3) is 0.143. The smallest absolute Gasteiger partial charge is 0.416 e. The molecule has 2 N–H and O–H groups in total. The maximum absolute atomic E-state index is 13.1. The average Bonchev–Trinajstić information content (AvgIpc) is 3.10. The van der Waals surface area contributed by atoms with E-state index in [2.05, 4.69) is 14.8 Å². The highest BCUT2D eigenvalue weighted by Crippen LogP contribution is 2.32.